The molecular weight excluding hydrogens is 540 g/mol. The number of fused-ring (bicyclic) bond motifs is 1. The Balaban J connectivity index is 1.68. The average molecular weight is 571 g/mol. The predicted molar refractivity (Wildman–Crippen MR) is 158 cm³/mol. The Labute approximate surface area is 240 Å². The molecule has 3 heterocycles. The largest absolute Gasteiger partial charge is 0.463 e. The summed E-state index contributed by atoms with van der Waals surface area (Å²) in [4.78, 5) is 43.3. The van der Waals surface area contributed by atoms with Crippen LogP contribution in [0.1, 0.15) is 53.5 Å². The minimum absolute atomic E-state index is 0.0498. The van der Waals surface area contributed by atoms with Gasteiger partial charge in [-0.3, -0.25) is 19.5 Å². The Bertz CT molecular complexity index is 1930. The fourth-order valence-electron chi connectivity index (χ4n) is 5.26. The van der Waals surface area contributed by atoms with Crippen LogP contribution in [0.3, 0.4) is 0 Å². The van der Waals surface area contributed by atoms with E-state index in [4.69, 9.17) is 4.74 Å². The molecule has 0 unspecified atom stereocenters. The van der Waals surface area contributed by atoms with Gasteiger partial charge in [0.25, 0.3) is 11.2 Å². The third-order valence-electron chi connectivity index (χ3n) is 7.31. The van der Waals surface area contributed by atoms with Crippen LogP contribution in [-0.4, -0.2) is 26.6 Å². The number of esters is 1. The topological polar surface area (TPSA) is 109 Å². The maximum absolute atomic E-state index is 14.0. The Morgan fingerprint density at radius 1 is 1.10 bits per heavy atom. The van der Waals surface area contributed by atoms with E-state index in [0.29, 0.717) is 31.9 Å². The number of nitrogens with zero attached hydrogens (tertiary/aromatic N) is 4. The molecule has 9 nitrogen and oxygen atoms in total. The Morgan fingerprint density at radius 2 is 1.80 bits per heavy atom. The quantitative estimate of drug-likeness (QED) is 0.189. The van der Waals surface area contributed by atoms with Gasteiger partial charge < -0.3 is 9.30 Å². The van der Waals surface area contributed by atoms with Crippen molar-refractivity contribution in [3.05, 3.63) is 123 Å². The van der Waals surface area contributed by atoms with Gasteiger partial charge in [-0.05, 0) is 70.9 Å². The number of carbonyl (C=O) groups is 1. The smallest absolute Gasteiger partial charge is 0.338 e. The third kappa shape index (κ3) is 4.95. The van der Waals surface area contributed by atoms with E-state index in [-0.39, 0.29) is 22.8 Å². The summed E-state index contributed by atoms with van der Waals surface area (Å²) >= 11 is 1.26. The van der Waals surface area contributed by atoms with E-state index in [1.54, 1.807) is 37.5 Å². The van der Waals surface area contributed by atoms with Crippen LogP contribution in [0.2, 0.25) is 0 Å². The zero-order valence-corrected chi connectivity index (χ0v) is 24.5. The maximum atomic E-state index is 14.0. The number of benzene rings is 2. The van der Waals surface area contributed by atoms with Gasteiger partial charge in [-0.25, -0.2) is 9.79 Å². The molecule has 0 saturated carbocycles. The number of nitro groups is 1. The van der Waals surface area contributed by atoms with Crippen molar-refractivity contribution in [2.45, 2.75) is 47.6 Å². The average Bonchev–Trinajstić information content (AvgIpc) is 3.38. The lowest BCUT2D eigenvalue weighted by atomic mass is 9.95. The van der Waals surface area contributed by atoms with Crippen LogP contribution in [-0.2, 0) is 9.53 Å². The molecule has 2 aromatic carbocycles. The van der Waals surface area contributed by atoms with E-state index >= 15 is 0 Å². The molecule has 0 radical (unpaired) electrons. The van der Waals surface area contributed by atoms with E-state index in [1.807, 2.05) is 67.8 Å². The molecule has 41 heavy (non-hydrogen) atoms. The molecular formula is C31H30N4O5S. The number of carbonyl (C=O) groups excluding carboxylic acids is 1. The molecule has 0 spiro atoms. The number of aryl methyl sites for hydroxylation is 3. The lowest BCUT2D eigenvalue weighted by Gasteiger charge is -2.24. The number of thiazole rings is 1. The van der Waals surface area contributed by atoms with Gasteiger partial charge in [-0.15, -0.1) is 0 Å². The van der Waals surface area contributed by atoms with Gasteiger partial charge in [0.2, 0.25) is 0 Å². The number of nitro benzene ring substituents is 1. The number of hydrogen-bond donors (Lipinski definition) is 0. The van der Waals surface area contributed by atoms with Crippen molar-refractivity contribution in [2.75, 3.05) is 6.61 Å². The maximum Gasteiger partial charge on any atom is 0.338 e. The first-order chi connectivity index (χ1) is 19.5. The molecule has 210 valence electrons. The minimum Gasteiger partial charge on any atom is -0.463 e. The fraction of sp³-hybridized carbons (Fsp3) is 0.258. The zero-order chi connectivity index (χ0) is 29.6. The van der Waals surface area contributed by atoms with E-state index in [0.717, 1.165) is 28.1 Å². The summed E-state index contributed by atoms with van der Waals surface area (Å²) < 4.78 is 9.34. The Morgan fingerprint density at radius 3 is 2.46 bits per heavy atom. The molecule has 0 fully saturated rings. The minimum atomic E-state index is -0.673. The standard InChI is InChI=1S/C31H30N4O5S/c1-7-40-30(37)27-20(5)32-31-34(28(27)22-11-8-17(2)9-12-22)29(36)26(41-31)15-23-14-19(4)33(21(23)6)24-13-10-18(3)25(16-24)35(38)39/h8-16,28H,7H2,1-6H3/b26-15+/t28-/m0/s1. The second-order valence-corrected chi connectivity index (χ2v) is 11.1. The van der Waals surface area contributed by atoms with Crippen LogP contribution in [0.25, 0.3) is 11.8 Å². The highest BCUT2D eigenvalue weighted by Crippen LogP contribution is 2.31. The third-order valence-corrected chi connectivity index (χ3v) is 8.30. The molecule has 2 aromatic heterocycles. The second kappa shape index (κ2) is 10.8. The molecule has 0 saturated heterocycles. The summed E-state index contributed by atoms with van der Waals surface area (Å²) in [6.07, 6.45) is 1.82. The van der Waals surface area contributed by atoms with Gasteiger partial charge in [0.05, 0.1) is 39.1 Å². The van der Waals surface area contributed by atoms with Gasteiger partial charge in [0.15, 0.2) is 4.80 Å². The van der Waals surface area contributed by atoms with E-state index in [9.17, 15) is 19.7 Å². The van der Waals surface area contributed by atoms with E-state index in [1.165, 1.54) is 11.3 Å². The molecule has 0 N–H and O–H groups in total. The summed E-state index contributed by atoms with van der Waals surface area (Å²) in [5.74, 6) is -0.496. The molecule has 10 heteroatoms. The summed E-state index contributed by atoms with van der Waals surface area (Å²) in [6, 6.07) is 14.2. The van der Waals surface area contributed by atoms with Crippen molar-refractivity contribution in [3.8, 4) is 5.69 Å². The summed E-state index contributed by atoms with van der Waals surface area (Å²) in [5.41, 5.74) is 6.28. The van der Waals surface area contributed by atoms with E-state index in [2.05, 4.69) is 4.99 Å². The first kappa shape index (κ1) is 28.0. The number of allylic oxidation sites excluding steroid dienone is 1. The lowest BCUT2D eigenvalue weighted by molar-refractivity contribution is -0.385. The predicted octanol–water partition coefficient (Wildman–Crippen LogP) is 4.73. The number of ether oxygens (including phenoxy) is 1. The molecule has 5 rings (SSSR count). The highest BCUT2D eigenvalue weighted by molar-refractivity contribution is 7.07. The fourth-order valence-corrected chi connectivity index (χ4v) is 6.30. The molecule has 0 bridgehead atoms. The second-order valence-electron chi connectivity index (χ2n) is 10.1. The van der Waals surface area contributed by atoms with Crippen LogP contribution in [0, 0.1) is 37.8 Å². The van der Waals surface area contributed by atoms with Gasteiger partial charge in [-0.1, -0.05) is 47.2 Å². The SMILES string of the molecule is CCOC(=O)C1=C(C)N=c2s/c(=C/c3cc(C)n(-c4ccc(C)c([N+](=O)[O-])c4)c3C)c(=O)n2[C@H]1c1ccc(C)cc1. The van der Waals surface area contributed by atoms with E-state index < -0.39 is 12.0 Å². The van der Waals surface area contributed by atoms with Crippen molar-refractivity contribution in [2.24, 2.45) is 4.99 Å². The Hall–Kier alpha value is -4.57. The van der Waals surface area contributed by atoms with Gasteiger partial charge in [0.1, 0.15) is 0 Å². The van der Waals surface area contributed by atoms with Crippen LogP contribution in [0.15, 0.2) is 69.6 Å². The van der Waals surface area contributed by atoms with Crippen molar-refractivity contribution >= 4 is 29.1 Å². The molecule has 0 aliphatic carbocycles. The van der Waals surface area contributed by atoms with Crippen molar-refractivity contribution in [1.29, 1.82) is 0 Å². The monoisotopic (exact) mass is 570 g/mol. The first-order valence-corrected chi connectivity index (χ1v) is 14.0. The summed E-state index contributed by atoms with van der Waals surface area (Å²) in [5, 5.41) is 11.5. The van der Waals surface area contributed by atoms with Gasteiger partial charge in [0, 0.05) is 23.0 Å². The van der Waals surface area contributed by atoms with Gasteiger partial charge >= 0.3 is 5.97 Å². The van der Waals surface area contributed by atoms with Crippen molar-refractivity contribution < 1.29 is 14.5 Å². The first-order valence-electron chi connectivity index (χ1n) is 13.2. The lowest BCUT2D eigenvalue weighted by Crippen LogP contribution is -2.39. The highest BCUT2D eigenvalue weighted by Gasteiger charge is 2.33. The van der Waals surface area contributed by atoms with Crippen LogP contribution >= 0.6 is 11.3 Å². The molecule has 0 amide bonds. The number of aromatic nitrogens is 2. The normalized spacial score (nSPS) is 15.1. The highest BCUT2D eigenvalue weighted by atomic mass is 32.1. The van der Waals surface area contributed by atoms with Crippen LogP contribution in [0.5, 0.6) is 0 Å². The number of hydrogen-bond acceptors (Lipinski definition) is 7. The van der Waals surface area contributed by atoms with Crippen molar-refractivity contribution in [3.63, 3.8) is 0 Å². The molecule has 1 aliphatic heterocycles. The zero-order valence-electron chi connectivity index (χ0n) is 23.7. The van der Waals surface area contributed by atoms with Crippen LogP contribution in [0.4, 0.5) is 5.69 Å². The molecule has 4 aromatic rings. The summed E-state index contributed by atoms with van der Waals surface area (Å²) in [6.45, 7) is 11.2. The van der Waals surface area contributed by atoms with Crippen LogP contribution < -0.4 is 14.9 Å². The summed E-state index contributed by atoms with van der Waals surface area (Å²) in [7, 11) is 0. The van der Waals surface area contributed by atoms with Crippen molar-refractivity contribution in [1.82, 2.24) is 9.13 Å². The Kier molecular flexibility index (Phi) is 7.35. The van der Waals surface area contributed by atoms with Gasteiger partial charge in [-0.2, -0.15) is 0 Å². The molecule has 1 atom stereocenters. The number of rotatable bonds is 6. The molecule has 1 aliphatic rings.